The van der Waals surface area contributed by atoms with Gasteiger partial charge in [0.25, 0.3) is 0 Å². The van der Waals surface area contributed by atoms with Crippen LogP contribution in [0, 0.1) is 0 Å². The normalized spacial score (nSPS) is 13.1. The largest absolute Gasteiger partial charge is 0.490 e. The van der Waals surface area contributed by atoms with Crippen molar-refractivity contribution in [3.8, 4) is 17.2 Å². The molecule has 0 saturated carbocycles. The lowest BCUT2D eigenvalue weighted by molar-refractivity contribution is 0.200. The van der Waals surface area contributed by atoms with Crippen molar-refractivity contribution in [2.24, 2.45) is 0 Å². The molecule has 0 unspecified atom stereocenters. The average Bonchev–Trinajstić information content (AvgIpc) is 2.78. The number of amides is 1. The average molecular weight is 299 g/mol. The van der Waals surface area contributed by atoms with E-state index >= 15 is 0 Å². The first-order valence-corrected chi connectivity index (χ1v) is 7.20. The number of ether oxygens (including phenoxy) is 3. The van der Waals surface area contributed by atoms with Crippen LogP contribution in [0.25, 0.3) is 0 Å². The summed E-state index contributed by atoms with van der Waals surface area (Å²) in [5.74, 6) is 1.97. The highest BCUT2D eigenvalue weighted by atomic mass is 16.6. The number of carbonyl (C=O) groups is 1. The summed E-state index contributed by atoms with van der Waals surface area (Å²) in [5.41, 5.74) is 0.925. The minimum Gasteiger partial charge on any atom is -0.490 e. The van der Waals surface area contributed by atoms with E-state index in [-0.39, 0.29) is 0 Å². The van der Waals surface area contributed by atoms with Crippen LogP contribution in [0.2, 0.25) is 0 Å². The molecule has 1 N–H and O–H groups in total. The van der Waals surface area contributed by atoms with Crippen molar-refractivity contribution in [2.45, 2.75) is 13.0 Å². The fourth-order valence-corrected chi connectivity index (χ4v) is 2.12. The molecule has 0 spiro atoms. The van der Waals surface area contributed by atoms with Gasteiger partial charge in [-0.15, -0.1) is 0 Å². The van der Waals surface area contributed by atoms with Crippen LogP contribution >= 0.6 is 0 Å². The van der Waals surface area contributed by atoms with Gasteiger partial charge in [0.2, 0.25) is 0 Å². The van der Waals surface area contributed by atoms with Gasteiger partial charge in [0.05, 0.1) is 13.2 Å². The predicted molar refractivity (Wildman–Crippen MR) is 81.4 cm³/mol. The molecule has 5 nitrogen and oxygen atoms in total. The Bertz CT molecular complexity index is 642. The van der Waals surface area contributed by atoms with E-state index in [1.807, 2.05) is 36.4 Å². The summed E-state index contributed by atoms with van der Waals surface area (Å²) in [6.45, 7) is 1.66. The second-order valence-electron chi connectivity index (χ2n) is 4.89. The highest BCUT2D eigenvalue weighted by Crippen LogP contribution is 2.30. The van der Waals surface area contributed by atoms with E-state index in [9.17, 15) is 4.79 Å². The molecule has 0 saturated heterocycles. The van der Waals surface area contributed by atoms with E-state index in [2.05, 4.69) is 5.32 Å². The van der Waals surface area contributed by atoms with Crippen LogP contribution in [0.5, 0.6) is 17.2 Å². The van der Waals surface area contributed by atoms with E-state index in [4.69, 9.17) is 14.2 Å². The van der Waals surface area contributed by atoms with E-state index in [1.165, 1.54) is 0 Å². The highest BCUT2D eigenvalue weighted by Gasteiger charge is 2.11. The van der Waals surface area contributed by atoms with Crippen molar-refractivity contribution in [2.75, 3.05) is 13.2 Å². The number of para-hydroxylation sites is 1. The molecule has 1 amide bonds. The van der Waals surface area contributed by atoms with Crippen molar-refractivity contribution in [3.63, 3.8) is 0 Å². The third-order valence-electron chi connectivity index (χ3n) is 3.20. The topological polar surface area (TPSA) is 56.8 Å². The first-order valence-electron chi connectivity index (χ1n) is 7.20. The molecule has 5 heteroatoms. The van der Waals surface area contributed by atoms with Crippen LogP contribution in [0.3, 0.4) is 0 Å². The number of hydrogen-bond donors (Lipinski definition) is 1. The maximum Gasteiger partial charge on any atom is 0.412 e. The lowest BCUT2D eigenvalue weighted by atomic mass is 10.2. The lowest BCUT2D eigenvalue weighted by Gasteiger charge is -2.10. The lowest BCUT2D eigenvalue weighted by Crippen LogP contribution is -2.26. The van der Waals surface area contributed by atoms with Gasteiger partial charge >= 0.3 is 6.09 Å². The summed E-state index contributed by atoms with van der Waals surface area (Å²) >= 11 is 0. The van der Waals surface area contributed by atoms with E-state index in [1.54, 1.807) is 12.1 Å². The number of carbonyl (C=O) groups excluding carboxylic acids is 1. The maximum atomic E-state index is 11.7. The molecule has 1 aliphatic rings. The van der Waals surface area contributed by atoms with E-state index < -0.39 is 6.09 Å². The first kappa shape index (κ1) is 14.3. The van der Waals surface area contributed by atoms with Gasteiger partial charge in [-0.25, -0.2) is 4.79 Å². The molecule has 0 aromatic heterocycles. The summed E-state index contributed by atoms with van der Waals surface area (Å²) in [4.78, 5) is 11.7. The molecular formula is C17H17NO4. The molecule has 0 radical (unpaired) electrons. The molecule has 0 bridgehead atoms. The van der Waals surface area contributed by atoms with Crippen LogP contribution in [-0.4, -0.2) is 19.3 Å². The van der Waals surface area contributed by atoms with Gasteiger partial charge in [-0.1, -0.05) is 24.3 Å². The van der Waals surface area contributed by atoms with Gasteiger partial charge in [0, 0.05) is 13.0 Å². The Morgan fingerprint density at radius 1 is 1.05 bits per heavy atom. The Morgan fingerprint density at radius 2 is 1.82 bits per heavy atom. The Balaban J connectivity index is 1.57. The minimum atomic E-state index is -0.488. The number of hydrogen-bond acceptors (Lipinski definition) is 4. The third kappa shape index (κ3) is 3.69. The van der Waals surface area contributed by atoms with Gasteiger partial charge < -0.3 is 19.5 Å². The van der Waals surface area contributed by atoms with Crippen molar-refractivity contribution >= 4 is 6.09 Å². The fraction of sp³-hybridized carbons (Fsp3) is 0.235. The monoisotopic (exact) mass is 299 g/mol. The van der Waals surface area contributed by atoms with E-state index in [0.717, 1.165) is 17.7 Å². The predicted octanol–water partition coefficient (Wildman–Crippen LogP) is 3.14. The number of fused-ring (bicyclic) bond motifs is 1. The molecule has 0 atom stereocenters. The highest BCUT2D eigenvalue weighted by molar-refractivity contribution is 5.70. The molecule has 1 heterocycles. The van der Waals surface area contributed by atoms with Gasteiger partial charge in [0.15, 0.2) is 11.5 Å². The molecule has 2 aromatic rings. The van der Waals surface area contributed by atoms with Crippen molar-refractivity contribution in [1.29, 1.82) is 0 Å². The van der Waals surface area contributed by atoms with Crippen molar-refractivity contribution < 1.29 is 19.0 Å². The summed E-state index contributed by atoms with van der Waals surface area (Å²) in [5, 5.41) is 2.71. The molecule has 114 valence electrons. The second kappa shape index (κ2) is 6.85. The first-order chi connectivity index (χ1) is 10.8. The third-order valence-corrected chi connectivity index (χ3v) is 3.20. The minimum absolute atomic E-state index is 0.363. The van der Waals surface area contributed by atoms with Crippen LogP contribution < -0.4 is 19.5 Å². The SMILES string of the molecule is O=C(NCc1ccc2c(c1)OCCCO2)Oc1ccccc1. The summed E-state index contributed by atoms with van der Waals surface area (Å²) in [7, 11) is 0. The molecule has 1 aliphatic heterocycles. The fourth-order valence-electron chi connectivity index (χ4n) is 2.12. The van der Waals surface area contributed by atoms with Crippen LogP contribution in [0.15, 0.2) is 48.5 Å². The van der Waals surface area contributed by atoms with Gasteiger partial charge in [-0.3, -0.25) is 0 Å². The molecular weight excluding hydrogens is 282 g/mol. The molecule has 0 aliphatic carbocycles. The van der Waals surface area contributed by atoms with Gasteiger partial charge in [0.1, 0.15) is 5.75 Å². The standard InChI is InChI=1S/C17H17NO4/c19-17(22-14-5-2-1-3-6-14)18-12-13-7-8-15-16(11-13)21-10-4-9-20-15/h1-3,5-8,11H,4,9-10,12H2,(H,18,19). The zero-order valence-electron chi connectivity index (χ0n) is 12.1. The summed E-state index contributed by atoms with van der Waals surface area (Å²) in [6.07, 6.45) is 0.379. The van der Waals surface area contributed by atoms with Gasteiger partial charge in [-0.2, -0.15) is 0 Å². The Kier molecular flexibility index (Phi) is 4.44. The zero-order valence-corrected chi connectivity index (χ0v) is 12.1. The second-order valence-corrected chi connectivity index (χ2v) is 4.89. The van der Waals surface area contributed by atoms with Crippen LogP contribution in [0.4, 0.5) is 4.79 Å². The smallest absolute Gasteiger partial charge is 0.412 e. The number of nitrogens with one attached hydrogen (secondary N) is 1. The zero-order chi connectivity index (χ0) is 15.2. The van der Waals surface area contributed by atoms with Gasteiger partial charge in [-0.05, 0) is 29.8 Å². The van der Waals surface area contributed by atoms with Crippen molar-refractivity contribution in [3.05, 3.63) is 54.1 Å². The molecule has 2 aromatic carbocycles. The summed E-state index contributed by atoms with van der Waals surface area (Å²) in [6, 6.07) is 14.6. The Labute approximate surface area is 128 Å². The van der Waals surface area contributed by atoms with E-state index in [0.29, 0.717) is 31.3 Å². The van der Waals surface area contributed by atoms with Crippen LogP contribution in [-0.2, 0) is 6.54 Å². The maximum absolute atomic E-state index is 11.7. The quantitative estimate of drug-likeness (QED) is 0.946. The number of benzene rings is 2. The molecule has 22 heavy (non-hydrogen) atoms. The molecule has 3 rings (SSSR count). The number of rotatable bonds is 3. The molecule has 0 fully saturated rings. The van der Waals surface area contributed by atoms with Crippen LogP contribution in [0.1, 0.15) is 12.0 Å². The summed E-state index contributed by atoms with van der Waals surface area (Å²) < 4.78 is 16.4. The Hall–Kier alpha value is -2.69. The Morgan fingerprint density at radius 3 is 2.64 bits per heavy atom. The van der Waals surface area contributed by atoms with Crippen molar-refractivity contribution in [1.82, 2.24) is 5.32 Å².